The van der Waals surface area contributed by atoms with E-state index in [1.54, 1.807) is 6.92 Å². The SMILES string of the molecule is Cc1nc(CNC(=O)Nc2cc(F)c(Oc3ccnc4[nH]cc(C(F)(F)F)c34)c(F)c2)n[nH]1. The van der Waals surface area contributed by atoms with Crippen LogP contribution in [-0.4, -0.2) is 31.2 Å². The Bertz CT molecular complexity index is 1310. The second-order valence-electron chi connectivity index (χ2n) is 6.75. The highest BCUT2D eigenvalue weighted by molar-refractivity contribution is 5.89. The Morgan fingerprint density at radius 2 is 1.94 bits per heavy atom. The Hall–Kier alpha value is -4.23. The lowest BCUT2D eigenvalue weighted by molar-refractivity contribution is -0.136. The Morgan fingerprint density at radius 3 is 2.58 bits per heavy atom. The van der Waals surface area contributed by atoms with Gasteiger partial charge in [-0.1, -0.05) is 0 Å². The number of anilines is 1. The number of carbonyl (C=O) groups is 1. The summed E-state index contributed by atoms with van der Waals surface area (Å²) in [6.45, 7) is 1.63. The van der Waals surface area contributed by atoms with Crippen LogP contribution < -0.4 is 15.4 Å². The number of aromatic nitrogens is 5. The molecule has 9 nitrogen and oxygen atoms in total. The first-order valence-electron chi connectivity index (χ1n) is 9.24. The molecule has 0 aliphatic rings. The van der Waals surface area contributed by atoms with Crippen LogP contribution in [0.1, 0.15) is 17.2 Å². The topological polar surface area (TPSA) is 121 Å². The molecule has 0 aliphatic carbocycles. The maximum atomic E-state index is 14.6. The Morgan fingerprint density at radius 1 is 1.21 bits per heavy atom. The molecule has 0 saturated heterocycles. The quantitative estimate of drug-likeness (QED) is 0.324. The first-order valence-corrected chi connectivity index (χ1v) is 9.24. The molecule has 4 aromatic rings. The minimum atomic E-state index is -4.75. The number of urea groups is 1. The van der Waals surface area contributed by atoms with Gasteiger partial charge >= 0.3 is 12.2 Å². The fraction of sp³-hybridized carbons (Fsp3) is 0.158. The summed E-state index contributed by atoms with van der Waals surface area (Å²) in [4.78, 5) is 22.0. The summed E-state index contributed by atoms with van der Waals surface area (Å²) in [7, 11) is 0. The fourth-order valence-corrected chi connectivity index (χ4v) is 2.98. The Balaban J connectivity index is 1.53. The van der Waals surface area contributed by atoms with Crippen LogP contribution >= 0.6 is 0 Å². The molecule has 0 saturated carbocycles. The highest BCUT2D eigenvalue weighted by atomic mass is 19.4. The van der Waals surface area contributed by atoms with Gasteiger partial charge in [-0.05, 0) is 13.0 Å². The fourth-order valence-electron chi connectivity index (χ4n) is 2.98. The molecule has 0 bridgehead atoms. The summed E-state index contributed by atoms with van der Waals surface area (Å²) < 4.78 is 74.1. The third kappa shape index (κ3) is 4.68. The molecule has 0 fully saturated rings. The van der Waals surface area contributed by atoms with E-state index in [0.29, 0.717) is 17.8 Å². The van der Waals surface area contributed by atoms with Gasteiger partial charge < -0.3 is 20.4 Å². The van der Waals surface area contributed by atoms with Crippen molar-refractivity contribution < 1.29 is 31.5 Å². The van der Waals surface area contributed by atoms with E-state index in [0.717, 1.165) is 24.4 Å². The maximum Gasteiger partial charge on any atom is 0.418 e. The lowest BCUT2D eigenvalue weighted by Gasteiger charge is -2.13. The van der Waals surface area contributed by atoms with Gasteiger partial charge in [0.15, 0.2) is 23.2 Å². The summed E-state index contributed by atoms with van der Waals surface area (Å²) in [5.74, 6) is -3.05. The normalized spacial score (nSPS) is 11.6. The number of alkyl halides is 3. The second-order valence-corrected chi connectivity index (χ2v) is 6.75. The summed E-state index contributed by atoms with van der Waals surface area (Å²) in [5, 5.41) is 10.6. The number of aromatic amines is 2. The third-order valence-electron chi connectivity index (χ3n) is 4.36. The van der Waals surface area contributed by atoms with Gasteiger partial charge in [0, 0.05) is 30.2 Å². The van der Waals surface area contributed by atoms with Gasteiger partial charge in [-0.3, -0.25) is 5.10 Å². The zero-order valence-electron chi connectivity index (χ0n) is 16.6. The van der Waals surface area contributed by atoms with Gasteiger partial charge in [0.1, 0.15) is 17.2 Å². The average molecular weight is 467 g/mol. The van der Waals surface area contributed by atoms with E-state index in [4.69, 9.17) is 4.74 Å². The third-order valence-corrected chi connectivity index (χ3v) is 4.36. The van der Waals surface area contributed by atoms with E-state index in [1.807, 2.05) is 0 Å². The molecule has 3 aromatic heterocycles. The molecule has 3 heterocycles. The Labute approximate surface area is 181 Å². The molecular formula is C19H14F5N7O2. The number of hydrogen-bond donors (Lipinski definition) is 4. The molecule has 33 heavy (non-hydrogen) atoms. The predicted octanol–water partition coefficient (Wildman–Crippen LogP) is 4.40. The molecule has 0 unspecified atom stereocenters. The number of benzene rings is 1. The lowest BCUT2D eigenvalue weighted by atomic mass is 10.2. The van der Waals surface area contributed by atoms with Crippen molar-refractivity contribution in [2.24, 2.45) is 0 Å². The number of fused-ring (bicyclic) bond motifs is 1. The number of pyridine rings is 1. The number of hydrogen-bond acceptors (Lipinski definition) is 5. The maximum absolute atomic E-state index is 14.6. The van der Waals surface area contributed by atoms with Gasteiger partial charge in [-0.2, -0.15) is 18.3 Å². The predicted molar refractivity (Wildman–Crippen MR) is 105 cm³/mol. The van der Waals surface area contributed by atoms with Gasteiger partial charge in [0.25, 0.3) is 0 Å². The van der Waals surface area contributed by atoms with Crippen molar-refractivity contribution in [3.8, 4) is 11.5 Å². The first-order chi connectivity index (χ1) is 15.6. The van der Waals surface area contributed by atoms with Crippen LogP contribution in [0.5, 0.6) is 11.5 Å². The van der Waals surface area contributed by atoms with Crippen molar-refractivity contribution in [3.05, 3.63) is 59.4 Å². The minimum Gasteiger partial charge on any atom is -0.450 e. The molecule has 4 N–H and O–H groups in total. The van der Waals surface area contributed by atoms with Crippen LogP contribution in [0.4, 0.5) is 32.4 Å². The summed E-state index contributed by atoms with van der Waals surface area (Å²) in [6.07, 6.45) is -2.94. The largest absolute Gasteiger partial charge is 0.450 e. The minimum absolute atomic E-state index is 0.0431. The zero-order valence-corrected chi connectivity index (χ0v) is 16.6. The van der Waals surface area contributed by atoms with E-state index in [9.17, 15) is 26.7 Å². The van der Waals surface area contributed by atoms with Gasteiger partial charge in [0.05, 0.1) is 17.5 Å². The number of amides is 2. The number of rotatable bonds is 5. The van der Waals surface area contributed by atoms with Crippen LogP contribution in [0, 0.1) is 18.6 Å². The smallest absolute Gasteiger partial charge is 0.418 e. The van der Waals surface area contributed by atoms with Gasteiger partial charge in [-0.15, -0.1) is 0 Å². The number of carbonyl (C=O) groups excluding carboxylic acids is 1. The van der Waals surface area contributed by atoms with Crippen LogP contribution in [-0.2, 0) is 12.7 Å². The van der Waals surface area contributed by atoms with Crippen molar-refractivity contribution in [2.75, 3.05) is 5.32 Å². The molecule has 2 amide bonds. The molecule has 0 spiro atoms. The van der Waals surface area contributed by atoms with E-state index < -0.39 is 46.3 Å². The number of nitrogens with one attached hydrogen (secondary N) is 4. The average Bonchev–Trinajstić information content (AvgIpc) is 3.35. The van der Waals surface area contributed by atoms with Crippen LogP contribution in [0.2, 0.25) is 0 Å². The number of ether oxygens (including phenoxy) is 1. The van der Waals surface area contributed by atoms with Crippen molar-refractivity contribution in [2.45, 2.75) is 19.6 Å². The molecule has 0 radical (unpaired) electrons. The summed E-state index contributed by atoms with van der Waals surface area (Å²) in [5.41, 5.74) is -1.52. The van der Waals surface area contributed by atoms with Crippen LogP contribution in [0.15, 0.2) is 30.6 Å². The van der Waals surface area contributed by atoms with Crippen molar-refractivity contribution >= 4 is 22.8 Å². The van der Waals surface area contributed by atoms with E-state index in [1.165, 1.54) is 0 Å². The second kappa shape index (κ2) is 8.37. The molecule has 0 aliphatic heterocycles. The first kappa shape index (κ1) is 22.0. The van der Waals surface area contributed by atoms with Gasteiger partial charge in [-0.25, -0.2) is 23.5 Å². The van der Waals surface area contributed by atoms with Crippen LogP contribution in [0.3, 0.4) is 0 Å². The highest BCUT2D eigenvalue weighted by Crippen LogP contribution is 2.40. The summed E-state index contributed by atoms with van der Waals surface area (Å²) >= 11 is 0. The van der Waals surface area contributed by atoms with E-state index >= 15 is 0 Å². The number of halogens is 5. The van der Waals surface area contributed by atoms with Crippen LogP contribution in [0.25, 0.3) is 11.0 Å². The molecular weight excluding hydrogens is 453 g/mol. The summed E-state index contributed by atoms with van der Waals surface area (Å²) in [6, 6.07) is 1.78. The monoisotopic (exact) mass is 467 g/mol. The Kier molecular flexibility index (Phi) is 5.57. The van der Waals surface area contributed by atoms with Crippen molar-refractivity contribution in [1.82, 2.24) is 30.5 Å². The standard InChI is InChI=1S/C19H14F5N7O2/c1-8-28-14(31-30-8)7-27-18(32)29-9-4-11(20)16(12(21)5-9)33-13-2-3-25-17-15(13)10(6-26-17)19(22,23)24/h2-6H,7H2,1H3,(H,25,26)(H2,27,29,32)(H,28,30,31). The van der Waals surface area contributed by atoms with Gasteiger partial charge in [0.2, 0.25) is 0 Å². The number of H-pyrrole nitrogens is 2. The van der Waals surface area contributed by atoms with Crippen molar-refractivity contribution in [3.63, 3.8) is 0 Å². The molecule has 14 heteroatoms. The number of aryl methyl sites for hydroxylation is 1. The molecule has 1 aromatic carbocycles. The number of nitrogens with zero attached hydrogens (tertiary/aromatic N) is 3. The van der Waals surface area contributed by atoms with Crippen molar-refractivity contribution in [1.29, 1.82) is 0 Å². The molecule has 0 atom stereocenters. The lowest BCUT2D eigenvalue weighted by Crippen LogP contribution is -2.28. The molecule has 172 valence electrons. The molecule has 4 rings (SSSR count). The highest BCUT2D eigenvalue weighted by Gasteiger charge is 2.35. The van der Waals surface area contributed by atoms with E-state index in [2.05, 4.69) is 35.8 Å². The zero-order chi connectivity index (χ0) is 23.8. The van der Waals surface area contributed by atoms with E-state index in [-0.39, 0.29) is 17.9 Å².